The molecule has 0 atom stereocenters. The predicted molar refractivity (Wildman–Crippen MR) is 89.1 cm³/mol. The quantitative estimate of drug-likeness (QED) is 0.572. The predicted octanol–water partition coefficient (Wildman–Crippen LogP) is 4.25. The normalized spacial score (nSPS) is 10.4. The maximum absolute atomic E-state index is 13.0. The molecule has 116 valence electrons. The molecule has 23 heavy (non-hydrogen) atoms. The number of aryl methyl sites for hydroxylation is 1. The van der Waals surface area contributed by atoms with Crippen LogP contribution in [0.25, 0.3) is 21.8 Å². The number of nitrogens with one attached hydrogen (secondary N) is 1. The van der Waals surface area contributed by atoms with Gasteiger partial charge in [-0.05, 0) is 43.3 Å². The summed E-state index contributed by atoms with van der Waals surface area (Å²) in [7, 11) is 1.64. The highest BCUT2D eigenvalue weighted by atomic mass is 19.1. The lowest BCUT2D eigenvalue weighted by Crippen LogP contribution is -1.84. The number of rotatable bonds is 1. The Morgan fingerprint density at radius 3 is 2.78 bits per heavy atom. The van der Waals surface area contributed by atoms with E-state index in [1.165, 1.54) is 12.4 Å². The van der Waals surface area contributed by atoms with Gasteiger partial charge in [-0.15, -0.1) is 0 Å². The standard InChI is InChI=1S/C9H8FN.C9H8N2O/c1-6-5-7-8(10)3-2-4-9(7)11-6;1-12-8-2-3-9-7(4-8)5-10-6-11-9/h2-5,11H,1H3;2-6H,1H3. The van der Waals surface area contributed by atoms with E-state index in [9.17, 15) is 4.39 Å². The van der Waals surface area contributed by atoms with Crippen molar-refractivity contribution in [2.75, 3.05) is 7.11 Å². The van der Waals surface area contributed by atoms with Crippen LogP contribution in [0.5, 0.6) is 5.75 Å². The first-order valence-electron chi connectivity index (χ1n) is 7.15. The summed E-state index contributed by atoms with van der Waals surface area (Å²) in [5.74, 6) is 0.671. The van der Waals surface area contributed by atoms with Crippen LogP contribution in [0, 0.1) is 12.7 Å². The Kier molecular flexibility index (Phi) is 4.19. The van der Waals surface area contributed by atoms with Gasteiger partial charge in [-0.25, -0.2) is 14.4 Å². The molecular weight excluding hydrogens is 293 g/mol. The van der Waals surface area contributed by atoms with E-state index in [-0.39, 0.29) is 5.82 Å². The fraction of sp³-hybridized carbons (Fsp3) is 0.111. The van der Waals surface area contributed by atoms with Gasteiger partial charge in [-0.1, -0.05) is 6.07 Å². The molecule has 2 heterocycles. The molecule has 0 saturated heterocycles. The molecule has 1 N–H and O–H groups in total. The average Bonchev–Trinajstić information content (AvgIpc) is 2.97. The van der Waals surface area contributed by atoms with Crippen LogP contribution in [-0.4, -0.2) is 22.1 Å². The Labute approximate surface area is 133 Å². The summed E-state index contributed by atoms with van der Waals surface area (Å²) >= 11 is 0. The van der Waals surface area contributed by atoms with Crippen LogP contribution < -0.4 is 4.74 Å². The van der Waals surface area contributed by atoms with Gasteiger partial charge < -0.3 is 9.72 Å². The highest BCUT2D eigenvalue weighted by molar-refractivity contribution is 5.81. The molecule has 5 heteroatoms. The lowest BCUT2D eigenvalue weighted by Gasteiger charge is -1.99. The van der Waals surface area contributed by atoms with E-state index in [0.717, 1.165) is 27.9 Å². The van der Waals surface area contributed by atoms with Gasteiger partial charge in [0.25, 0.3) is 0 Å². The monoisotopic (exact) mass is 309 g/mol. The number of halogens is 1. The number of aromatic amines is 1. The molecule has 0 bridgehead atoms. The fourth-order valence-corrected chi connectivity index (χ4v) is 2.35. The minimum absolute atomic E-state index is 0.160. The number of hydrogen-bond donors (Lipinski definition) is 1. The number of benzene rings is 2. The maximum Gasteiger partial charge on any atom is 0.132 e. The average molecular weight is 309 g/mol. The van der Waals surface area contributed by atoms with Crippen molar-refractivity contribution in [3.63, 3.8) is 0 Å². The zero-order chi connectivity index (χ0) is 16.2. The third-order valence-corrected chi connectivity index (χ3v) is 3.46. The van der Waals surface area contributed by atoms with E-state index in [0.29, 0.717) is 5.39 Å². The molecule has 4 rings (SSSR count). The molecule has 0 radical (unpaired) electrons. The summed E-state index contributed by atoms with van der Waals surface area (Å²) in [5, 5.41) is 1.67. The van der Waals surface area contributed by atoms with Crippen molar-refractivity contribution in [2.24, 2.45) is 0 Å². The first-order chi connectivity index (χ1) is 11.2. The third-order valence-electron chi connectivity index (χ3n) is 3.46. The van der Waals surface area contributed by atoms with Crippen LogP contribution in [-0.2, 0) is 0 Å². The molecule has 0 aliphatic heterocycles. The molecule has 2 aromatic carbocycles. The van der Waals surface area contributed by atoms with Gasteiger partial charge in [-0.3, -0.25) is 0 Å². The zero-order valence-corrected chi connectivity index (χ0v) is 12.9. The van der Waals surface area contributed by atoms with Gasteiger partial charge in [0.2, 0.25) is 0 Å². The molecule has 0 saturated carbocycles. The number of hydrogen-bond acceptors (Lipinski definition) is 3. The minimum atomic E-state index is -0.160. The molecule has 0 unspecified atom stereocenters. The van der Waals surface area contributed by atoms with Crippen molar-refractivity contribution >= 4 is 21.8 Å². The SMILES string of the molecule is COc1ccc2ncncc2c1.Cc1cc2c(F)cccc2[nH]1. The Bertz CT molecular complexity index is 949. The number of methoxy groups -OCH3 is 1. The summed E-state index contributed by atoms with van der Waals surface area (Å²) in [6.45, 7) is 1.92. The van der Waals surface area contributed by atoms with E-state index in [2.05, 4.69) is 15.0 Å². The Morgan fingerprint density at radius 1 is 1.13 bits per heavy atom. The zero-order valence-electron chi connectivity index (χ0n) is 12.9. The van der Waals surface area contributed by atoms with Gasteiger partial charge in [0.05, 0.1) is 12.6 Å². The second-order valence-electron chi connectivity index (χ2n) is 5.10. The first kappa shape index (κ1) is 15.0. The summed E-state index contributed by atoms with van der Waals surface area (Å²) in [4.78, 5) is 11.1. The van der Waals surface area contributed by atoms with Crippen LogP contribution in [0.3, 0.4) is 0 Å². The van der Waals surface area contributed by atoms with E-state index in [1.54, 1.807) is 19.4 Å². The van der Waals surface area contributed by atoms with Crippen molar-refractivity contribution in [1.82, 2.24) is 15.0 Å². The van der Waals surface area contributed by atoms with Gasteiger partial charge in [0.1, 0.15) is 17.9 Å². The van der Waals surface area contributed by atoms with Crippen molar-refractivity contribution in [3.8, 4) is 5.75 Å². The molecule has 4 nitrogen and oxygen atoms in total. The molecule has 2 aromatic heterocycles. The summed E-state index contributed by atoms with van der Waals surface area (Å²) < 4.78 is 18.0. The van der Waals surface area contributed by atoms with Crippen LogP contribution >= 0.6 is 0 Å². The Hall–Kier alpha value is -2.95. The van der Waals surface area contributed by atoms with E-state index >= 15 is 0 Å². The number of aromatic nitrogens is 3. The van der Waals surface area contributed by atoms with E-state index in [4.69, 9.17) is 4.74 Å². The Morgan fingerprint density at radius 2 is 2.00 bits per heavy atom. The number of H-pyrrole nitrogens is 1. The molecular formula is C18H16FN3O. The molecule has 0 aliphatic carbocycles. The topological polar surface area (TPSA) is 50.8 Å². The van der Waals surface area contributed by atoms with Gasteiger partial charge in [-0.2, -0.15) is 0 Å². The van der Waals surface area contributed by atoms with Crippen molar-refractivity contribution in [1.29, 1.82) is 0 Å². The maximum atomic E-state index is 13.0. The van der Waals surface area contributed by atoms with E-state index in [1.807, 2.05) is 37.3 Å². The fourth-order valence-electron chi connectivity index (χ4n) is 2.35. The van der Waals surface area contributed by atoms with Crippen LogP contribution in [0.4, 0.5) is 4.39 Å². The number of fused-ring (bicyclic) bond motifs is 2. The first-order valence-corrected chi connectivity index (χ1v) is 7.15. The molecule has 0 aliphatic rings. The van der Waals surface area contributed by atoms with Gasteiger partial charge in [0, 0.05) is 28.2 Å². The second-order valence-corrected chi connectivity index (χ2v) is 5.10. The van der Waals surface area contributed by atoms with Gasteiger partial charge in [0.15, 0.2) is 0 Å². The molecule has 0 spiro atoms. The lowest BCUT2D eigenvalue weighted by atomic mass is 10.2. The Balaban J connectivity index is 0.000000136. The van der Waals surface area contributed by atoms with Gasteiger partial charge >= 0.3 is 0 Å². The molecule has 0 amide bonds. The van der Waals surface area contributed by atoms with Crippen LogP contribution in [0.1, 0.15) is 5.69 Å². The van der Waals surface area contributed by atoms with Crippen molar-refractivity contribution < 1.29 is 9.13 Å². The summed E-state index contributed by atoms with van der Waals surface area (Å²) in [6.07, 6.45) is 3.31. The number of nitrogens with zero attached hydrogens (tertiary/aromatic N) is 2. The molecule has 4 aromatic rings. The highest BCUT2D eigenvalue weighted by Crippen LogP contribution is 2.18. The van der Waals surface area contributed by atoms with Crippen molar-refractivity contribution in [2.45, 2.75) is 6.92 Å². The van der Waals surface area contributed by atoms with Crippen LogP contribution in [0.2, 0.25) is 0 Å². The largest absolute Gasteiger partial charge is 0.497 e. The molecule has 0 fully saturated rings. The summed E-state index contributed by atoms with van der Waals surface area (Å²) in [5.41, 5.74) is 2.79. The lowest BCUT2D eigenvalue weighted by molar-refractivity contribution is 0.415. The smallest absolute Gasteiger partial charge is 0.132 e. The van der Waals surface area contributed by atoms with Crippen LogP contribution in [0.15, 0.2) is 55.0 Å². The highest BCUT2D eigenvalue weighted by Gasteiger charge is 2.00. The third kappa shape index (κ3) is 3.29. The second kappa shape index (κ2) is 6.44. The number of ether oxygens (including phenoxy) is 1. The van der Waals surface area contributed by atoms with E-state index < -0.39 is 0 Å². The summed E-state index contributed by atoms with van der Waals surface area (Å²) in [6, 6.07) is 12.6. The van der Waals surface area contributed by atoms with Crippen molar-refractivity contribution in [3.05, 3.63) is 66.5 Å². The minimum Gasteiger partial charge on any atom is -0.497 e.